The van der Waals surface area contributed by atoms with E-state index in [1.165, 1.54) is 10.7 Å². The lowest BCUT2D eigenvalue weighted by atomic mass is 10.0. The van der Waals surface area contributed by atoms with E-state index in [1.54, 1.807) is 23.1 Å². The summed E-state index contributed by atoms with van der Waals surface area (Å²) in [7, 11) is 0. The quantitative estimate of drug-likeness (QED) is 0.777. The van der Waals surface area contributed by atoms with Gasteiger partial charge in [-0.2, -0.15) is 10.2 Å². The van der Waals surface area contributed by atoms with Crippen molar-refractivity contribution in [3.05, 3.63) is 40.4 Å². The number of nitrogens with zero attached hydrogens (tertiary/aromatic N) is 5. The maximum atomic E-state index is 12.6. The average molecular weight is 386 g/mol. The van der Waals surface area contributed by atoms with E-state index < -0.39 is 0 Å². The zero-order valence-corrected chi connectivity index (χ0v) is 15.9. The minimum Gasteiger partial charge on any atom is -0.477 e. The van der Waals surface area contributed by atoms with E-state index in [4.69, 9.17) is 4.74 Å². The highest BCUT2D eigenvalue weighted by atomic mass is 16.5. The molecule has 2 aliphatic heterocycles. The summed E-state index contributed by atoms with van der Waals surface area (Å²) in [5.74, 6) is 0.424. The van der Waals surface area contributed by atoms with Gasteiger partial charge >= 0.3 is 0 Å². The largest absolute Gasteiger partial charge is 0.477 e. The van der Waals surface area contributed by atoms with Gasteiger partial charge in [-0.05, 0) is 25.5 Å². The van der Waals surface area contributed by atoms with Crippen molar-refractivity contribution in [1.82, 2.24) is 29.8 Å². The molecule has 9 nitrogen and oxygen atoms in total. The summed E-state index contributed by atoms with van der Waals surface area (Å²) < 4.78 is 8.85. The van der Waals surface area contributed by atoms with E-state index in [-0.39, 0.29) is 17.5 Å². The molecule has 2 aromatic heterocycles. The molecule has 150 valence electrons. The summed E-state index contributed by atoms with van der Waals surface area (Å²) in [6.45, 7) is 4.23. The van der Waals surface area contributed by atoms with Crippen LogP contribution in [0.2, 0.25) is 0 Å². The molecule has 1 fully saturated rings. The maximum Gasteiger partial charge on any atom is 0.266 e. The van der Waals surface area contributed by atoms with Crippen LogP contribution in [0.25, 0.3) is 0 Å². The Kier molecular flexibility index (Phi) is 5.70. The van der Waals surface area contributed by atoms with Crippen LogP contribution in [0, 0.1) is 0 Å². The van der Waals surface area contributed by atoms with Gasteiger partial charge < -0.3 is 10.1 Å². The third-order valence-corrected chi connectivity index (χ3v) is 5.42. The standard InChI is InChI=1S/C19H26N6O3/c26-17-6-3-7-21-24(17)11-10-23-8-2-1-5-15(23)13-20-18(27)16-14-22-25-9-4-12-28-19(16)25/h3,6-7,14-15H,1-2,4-5,8-13H2,(H,20,27). The molecule has 1 atom stereocenters. The second-order valence-electron chi connectivity index (χ2n) is 7.27. The average Bonchev–Trinajstić information content (AvgIpc) is 3.16. The van der Waals surface area contributed by atoms with Crippen LogP contribution >= 0.6 is 0 Å². The Morgan fingerprint density at radius 2 is 2.14 bits per heavy atom. The molecule has 1 saturated heterocycles. The second-order valence-corrected chi connectivity index (χ2v) is 7.27. The van der Waals surface area contributed by atoms with Gasteiger partial charge in [-0.3, -0.25) is 14.5 Å². The Balaban J connectivity index is 1.34. The van der Waals surface area contributed by atoms with Gasteiger partial charge in [0.25, 0.3) is 11.5 Å². The molecule has 28 heavy (non-hydrogen) atoms. The van der Waals surface area contributed by atoms with E-state index in [2.05, 4.69) is 20.4 Å². The molecule has 0 aromatic carbocycles. The van der Waals surface area contributed by atoms with Crippen LogP contribution in [-0.4, -0.2) is 62.7 Å². The van der Waals surface area contributed by atoms with Gasteiger partial charge in [0.15, 0.2) is 0 Å². The first-order valence-corrected chi connectivity index (χ1v) is 9.95. The number of aromatic nitrogens is 4. The normalized spacial score (nSPS) is 19.6. The fraction of sp³-hybridized carbons (Fsp3) is 0.579. The van der Waals surface area contributed by atoms with Crippen molar-refractivity contribution in [2.24, 2.45) is 0 Å². The zero-order valence-electron chi connectivity index (χ0n) is 15.9. The predicted octanol–water partition coefficient (Wildman–Crippen LogP) is 0.507. The van der Waals surface area contributed by atoms with Gasteiger partial charge in [-0.15, -0.1) is 0 Å². The fourth-order valence-electron chi connectivity index (χ4n) is 3.89. The summed E-state index contributed by atoms with van der Waals surface area (Å²) >= 11 is 0. The third-order valence-electron chi connectivity index (χ3n) is 5.42. The SMILES string of the molecule is O=C(NCC1CCCCN1CCn1ncccc1=O)c1cnn2c1OCCC2. The summed E-state index contributed by atoms with van der Waals surface area (Å²) in [6.07, 6.45) is 7.43. The molecule has 0 aliphatic carbocycles. The molecule has 1 unspecified atom stereocenters. The van der Waals surface area contributed by atoms with Crippen LogP contribution < -0.4 is 15.6 Å². The van der Waals surface area contributed by atoms with Crippen molar-refractivity contribution in [3.63, 3.8) is 0 Å². The van der Waals surface area contributed by atoms with Crippen molar-refractivity contribution in [3.8, 4) is 5.88 Å². The van der Waals surface area contributed by atoms with E-state index in [0.717, 1.165) is 45.3 Å². The van der Waals surface area contributed by atoms with E-state index in [1.807, 2.05) is 0 Å². The van der Waals surface area contributed by atoms with Crippen LogP contribution in [0.15, 0.2) is 29.3 Å². The topological polar surface area (TPSA) is 94.3 Å². The first-order valence-electron chi connectivity index (χ1n) is 9.95. The highest BCUT2D eigenvalue weighted by Gasteiger charge is 2.25. The molecular formula is C19H26N6O3. The van der Waals surface area contributed by atoms with Gasteiger partial charge in [-0.1, -0.05) is 6.42 Å². The number of nitrogens with one attached hydrogen (secondary N) is 1. The number of hydrogen-bond acceptors (Lipinski definition) is 6. The van der Waals surface area contributed by atoms with Gasteiger partial charge in [0, 0.05) is 44.4 Å². The Morgan fingerprint density at radius 3 is 3.04 bits per heavy atom. The number of hydrogen-bond donors (Lipinski definition) is 1. The molecule has 4 rings (SSSR count). The highest BCUT2D eigenvalue weighted by molar-refractivity contribution is 5.96. The molecule has 2 aliphatic rings. The number of likely N-dealkylation sites (tertiary alicyclic amines) is 1. The molecule has 9 heteroatoms. The minimum absolute atomic E-state index is 0.0876. The van der Waals surface area contributed by atoms with E-state index >= 15 is 0 Å². The van der Waals surface area contributed by atoms with Gasteiger partial charge in [0.1, 0.15) is 5.56 Å². The Bertz CT molecular complexity index is 877. The lowest BCUT2D eigenvalue weighted by Crippen LogP contribution is -2.48. The van der Waals surface area contributed by atoms with Crippen LogP contribution in [0.5, 0.6) is 5.88 Å². The monoisotopic (exact) mass is 386 g/mol. The van der Waals surface area contributed by atoms with Crippen LogP contribution in [-0.2, 0) is 13.1 Å². The van der Waals surface area contributed by atoms with E-state index in [9.17, 15) is 9.59 Å². The van der Waals surface area contributed by atoms with Gasteiger partial charge in [0.05, 0.1) is 19.3 Å². The molecule has 4 heterocycles. The minimum atomic E-state index is -0.144. The van der Waals surface area contributed by atoms with Crippen molar-refractivity contribution >= 4 is 5.91 Å². The highest BCUT2D eigenvalue weighted by Crippen LogP contribution is 2.22. The smallest absolute Gasteiger partial charge is 0.266 e. The summed E-state index contributed by atoms with van der Waals surface area (Å²) in [4.78, 5) is 26.8. The van der Waals surface area contributed by atoms with Gasteiger partial charge in [0.2, 0.25) is 5.88 Å². The molecule has 0 saturated carbocycles. The van der Waals surface area contributed by atoms with Crippen LogP contribution in [0.4, 0.5) is 0 Å². The summed E-state index contributed by atoms with van der Waals surface area (Å²) in [6, 6.07) is 3.43. The number of carbonyl (C=O) groups is 1. The Hall–Kier alpha value is -2.68. The Morgan fingerprint density at radius 1 is 1.21 bits per heavy atom. The number of fused-ring (bicyclic) bond motifs is 1. The van der Waals surface area contributed by atoms with Crippen molar-refractivity contribution in [1.29, 1.82) is 0 Å². The van der Waals surface area contributed by atoms with Crippen molar-refractivity contribution < 1.29 is 9.53 Å². The summed E-state index contributed by atoms with van der Waals surface area (Å²) in [5, 5.41) is 11.4. The summed E-state index contributed by atoms with van der Waals surface area (Å²) in [5.41, 5.74) is 0.414. The fourth-order valence-corrected chi connectivity index (χ4v) is 3.89. The molecule has 2 aromatic rings. The van der Waals surface area contributed by atoms with Gasteiger partial charge in [-0.25, -0.2) is 9.36 Å². The molecule has 0 bridgehead atoms. The zero-order chi connectivity index (χ0) is 19.3. The molecule has 1 amide bonds. The maximum absolute atomic E-state index is 12.6. The third kappa shape index (κ3) is 4.09. The number of rotatable bonds is 6. The van der Waals surface area contributed by atoms with Crippen LogP contribution in [0.3, 0.4) is 0 Å². The molecule has 0 radical (unpaired) electrons. The first-order chi connectivity index (χ1) is 13.7. The number of ether oxygens (including phenoxy) is 1. The number of carbonyl (C=O) groups excluding carboxylic acids is 1. The van der Waals surface area contributed by atoms with Crippen LogP contribution in [0.1, 0.15) is 36.0 Å². The van der Waals surface area contributed by atoms with E-state index in [0.29, 0.717) is 31.1 Å². The Labute approximate surface area is 163 Å². The number of aryl methyl sites for hydroxylation is 1. The predicted molar refractivity (Wildman–Crippen MR) is 102 cm³/mol. The van der Waals surface area contributed by atoms with Crippen molar-refractivity contribution in [2.75, 3.05) is 26.2 Å². The lowest BCUT2D eigenvalue weighted by molar-refractivity contribution is 0.0903. The van der Waals surface area contributed by atoms with Crippen molar-refractivity contribution in [2.45, 2.75) is 44.8 Å². The lowest BCUT2D eigenvalue weighted by Gasteiger charge is -2.35. The molecule has 1 N–H and O–H groups in total. The number of amides is 1. The molecular weight excluding hydrogens is 360 g/mol. The number of piperidine rings is 1. The second kappa shape index (κ2) is 8.55. The molecule has 0 spiro atoms. The first kappa shape index (κ1) is 18.7.